The van der Waals surface area contributed by atoms with Gasteiger partial charge >= 0.3 is 11.9 Å². The number of hydrogen-bond donors (Lipinski definition) is 3. The Labute approximate surface area is 164 Å². The highest BCUT2D eigenvalue weighted by Gasteiger charge is 1.92. The SMILES string of the molecule is CCCCC/C=C\C/C=C\C/C=C\C/C=C\CCCC(=O)O.NCC(=O)O. The van der Waals surface area contributed by atoms with Crippen molar-refractivity contribution in [1.82, 2.24) is 0 Å². The number of carboxylic acids is 2. The monoisotopic (exact) mass is 379 g/mol. The van der Waals surface area contributed by atoms with Crippen molar-refractivity contribution in [3.63, 3.8) is 0 Å². The van der Waals surface area contributed by atoms with Crippen LogP contribution in [0.5, 0.6) is 0 Å². The fraction of sp³-hybridized carbons (Fsp3) is 0.545. The third-order valence-corrected chi connectivity index (χ3v) is 3.39. The van der Waals surface area contributed by atoms with Crippen LogP contribution < -0.4 is 5.73 Å². The summed E-state index contributed by atoms with van der Waals surface area (Å²) < 4.78 is 0. The predicted molar refractivity (Wildman–Crippen MR) is 113 cm³/mol. The van der Waals surface area contributed by atoms with E-state index < -0.39 is 11.9 Å². The van der Waals surface area contributed by atoms with Gasteiger partial charge in [0.05, 0.1) is 6.54 Å². The molecule has 0 radical (unpaired) electrons. The number of hydrogen-bond acceptors (Lipinski definition) is 3. The van der Waals surface area contributed by atoms with Crippen molar-refractivity contribution in [2.75, 3.05) is 6.54 Å². The standard InChI is InChI=1S/C20H32O2.C2H5NO2/c1-2-3-4-5-6-7-8-9-10-11-12-13-14-15-16-17-18-19-20(21)22;3-1-2(4)5/h6-7,9-10,12-13,15-16H,2-5,8,11,14,17-19H2,1H3,(H,21,22);1,3H2,(H,4,5)/b7-6-,10-9-,13-12-,16-15-;. The first kappa shape index (κ1) is 27.1. The maximum Gasteiger partial charge on any atom is 0.317 e. The summed E-state index contributed by atoms with van der Waals surface area (Å²) in [6.07, 6.45) is 27.3. The van der Waals surface area contributed by atoms with Crippen LogP contribution in [-0.2, 0) is 9.59 Å². The van der Waals surface area contributed by atoms with Crippen molar-refractivity contribution in [1.29, 1.82) is 0 Å². The molecule has 0 aromatic heterocycles. The highest BCUT2D eigenvalue weighted by Crippen LogP contribution is 2.01. The van der Waals surface area contributed by atoms with Crippen LogP contribution in [0.4, 0.5) is 0 Å². The number of rotatable bonds is 15. The Morgan fingerprint density at radius 2 is 1.11 bits per heavy atom. The van der Waals surface area contributed by atoms with Crippen molar-refractivity contribution in [2.45, 2.75) is 71.1 Å². The van der Waals surface area contributed by atoms with E-state index in [1.165, 1.54) is 25.7 Å². The number of nitrogens with two attached hydrogens (primary N) is 1. The average Bonchev–Trinajstić information content (AvgIpc) is 2.64. The molecule has 0 unspecified atom stereocenters. The molecule has 0 saturated carbocycles. The van der Waals surface area contributed by atoms with E-state index in [4.69, 9.17) is 10.2 Å². The van der Waals surface area contributed by atoms with Crippen molar-refractivity contribution in [3.05, 3.63) is 48.6 Å². The molecule has 0 aromatic carbocycles. The quantitative estimate of drug-likeness (QED) is 0.267. The largest absolute Gasteiger partial charge is 0.481 e. The van der Waals surface area contributed by atoms with E-state index in [1.54, 1.807) is 0 Å². The lowest BCUT2D eigenvalue weighted by Gasteiger charge is -1.90. The van der Waals surface area contributed by atoms with E-state index in [1.807, 2.05) is 0 Å². The van der Waals surface area contributed by atoms with Crippen molar-refractivity contribution in [2.24, 2.45) is 5.73 Å². The molecular weight excluding hydrogens is 342 g/mol. The minimum atomic E-state index is -0.968. The average molecular weight is 380 g/mol. The van der Waals surface area contributed by atoms with Gasteiger partial charge in [0.25, 0.3) is 0 Å². The molecule has 154 valence electrons. The van der Waals surface area contributed by atoms with Crippen LogP contribution in [0.25, 0.3) is 0 Å². The Bertz CT molecular complexity index is 465. The minimum Gasteiger partial charge on any atom is -0.481 e. The molecule has 5 nitrogen and oxygen atoms in total. The first-order chi connectivity index (χ1) is 13.0. The zero-order valence-electron chi connectivity index (χ0n) is 16.7. The summed E-state index contributed by atoms with van der Waals surface area (Å²) in [4.78, 5) is 19.6. The molecule has 0 bridgehead atoms. The molecule has 0 saturated heterocycles. The molecule has 4 N–H and O–H groups in total. The molecule has 0 aromatic rings. The Morgan fingerprint density at radius 1 is 0.704 bits per heavy atom. The zero-order chi connectivity index (χ0) is 20.6. The van der Waals surface area contributed by atoms with Gasteiger partial charge in [0.15, 0.2) is 0 Å². The summed E-state index contributed by atoms with van der Waals surface area (Å²) in [6.45, 7) is 1.95. The topological polar surface area (TPSA) is 101 Å². The van der Waals surface area contributed by atoms with Crippen LogP contribution in [0.3, 0.4) is 0 Å². The summed E-state index contributed by atoms with van der Waals surface area (Å²) >= 11 is 0. The van der Waals surface area contributed by atoms with E-state index >= 15 is 0 Å². The molecule has 0 atom stereocenters. The number of carboxylic acid groups (broad SMARTS) is 2. The summed E-state index contributed by atoms with van der Waals surface area (Å²) in [5, 5.41) is 16.1. The van der Waals surface area contributed by atoms with Gasteiger partial charge in [0, 0.05) is 6.42 Å². The first-order valence-electron chi connectivity index (χ1n) is 9.78. The summed E-state index contributed by atoms with van der Waals surface area (Å²) in [6, 6.07) is 0. The fourth-order valence-corrected chi connectivity index (χ4v) is 1.93. The van der Waals surface area contributed by atoms with Gasteiger partial charge in [-0.1, -0.05) is 68.4 Å². The molecule has 0 aliphatic rings. The minimum absolute atomic E-state index is 0.262. The van der Waals surface area contributed by atoms with Gasteiger partial charge in [-0.3, -0.25) is 9.59 Å². The molecule has 0 fully saturated rings. The second-order valence-electron chi connectivity index (χ2n) is 5.97. The van der Waals surface area contributed by atoms with Crippen molar-refractivity contribution < 1.29 is 19.8 Å². The molecular formula is C22H37NO4. The van der Waals surface area contributed by atoms with Gasteiger partial charge in [0.1, 0.15) is 0 Å². The van der Waals surface area contributed by atoms with Gasteiger partial charge in [-0.15, -0.1) is 0 Å². The van der Waals surface area contributed by atoms with Gasteiger partial charge in [-0.05, 0) is 44.9 Å². The molecule has 0 aliphatic carbocycles. The van der Waals surface area contributed by atoms with Crippen LogP contribution in [0.15, 0.2) is 48.6 Å². The lowest BCUT2D eigenvalue weighted by molar-refractivity contribution is -0.137. The van der Waals surface area contributed by atoms with E-state index in [0.717, 1.165) is 32.1 Å². The molecule has 27 heavy (non-hydrogen) atoms. The third kappa shape index (κ3) is 32.1. The highest BCUT2D eigenvalue weighted by molar-refractivity contribution is 5.68. The first-order valence-corrected chi connectivity index (χ1v) is 9.78. The van der Waals surface area contributed by atoms with E-state index in [9.17, 15) is 9.59 Å². The van der Waals surface area contributed by atoms with Crippen molar-refractivity contribution in [3.8, 4) is 0 Å². The number of carbonyl (C=O) groups is 2. The zero-order valence-corrected chi connectivity index (χ0v) is 16.7. The van der Waals surface area contributed by atoms with Crippen LogP contribution in [-0.4, -0.2) is 28.7 Å². The van der Waals surface area contributed by atoms with E-state index in [0.29, 0.717) is 0 Å². The maximum atomic E-state index is 10.3. The lowest BCUT2D eigenvalue weighted by atomic mass is 10.2. The van der Waals surface area contributed by atoms with Crippen molar-refractivity contribution >= 4 is 11.9 Å². The van der Waals surface area contributed by atoms with Gasteiger partial charge in [-0.25, -0.2) is 0 Å². The van der Waals surface area contributed by atoms with Crippen LogP contribution in [0, 0.1) is 0 Å². The molecule has 0 rings (SSSR count). The van der Waals surface area contributed by atoms with Gasteiger partial charge < -0.3 is 15.9 Å². The summed E-state index contributed by atoms with van der Waals surface area (Å²) in [7, 11) is 0. The Hall–Kier alpha value is -2.14. The molecule has 0 spiro atoms. The Balaban J connectivity index is 0. The Kier molecular flexibility index (Phi) is 23.9. The third-order valence-electron chi connectivity index (χ3n) is 3.39. The molecule has 0 amide bonds. The van der Waals surface area contributed by atoms with E-state index in [-0.39, 0.29) is 13.0 Å². The number of allylic oxidation sites excluding steroid dienone is 8. The van der Waals surface area contributed by atoms with Gasteiger partial charge in [-0.2, -0.15) is 0 Å². The summed E-state index contributed by atoms with van der Waals surface area (Å²) in [5.74, 6) is -1.68. The number of unbranched alkanes of at least 4 members (excludes halogenated alkanes) is 4. The van der Waals surface area contributed by atoms with E-state index in [2.05, 4.69) is 61.3 Å². The van der Waals surface area contributed by atoms with Crippen LogP contribution in [0.2, 0.25) is 0 Å². The second kappa shape index (κ2) is 23.9. The van der Waals surface area contributed by atoms with Gasteiger partial charge in [0.2, 0.25) is 0 Å². The predicted octanol–water partition coefficient (Wildman–Crippen LogP) is 5.25. The maximum absolute atomic E-state index is 10.3. The number of aliphatic carboxylic acids is 2. The fourth-order valence-electron chi connectivity index (χ4n) is 1.93. The molecule has 0 aliphatic heterocycles. The molecule has 0 heterocycles. The normalized spacial score (nSPS) is 11.5. The smallest absolute Gasteiger partial charge is 0.317 e. The van der Waals surface area contributed by atoms with Crippen LogP contribution >= 0.6 is 0 Å². The molecule has 5 heteroatoms. The lowest BCUT2D eigenvalue weighted by Crippen LogP contribution is -2.10. The Morgan fingerprint density at radius 3 is 1.48 bits per heavy atom. The van der Waals surface area contributed by atoms with Crippen LogP contribution in [0.1, 0.15) is 71.1 Å². The highest BCUT2D eigenvalue weighted by atomic mass is 16.4. The summed E-state index contributed by atoms with van der Waals surface area (Å²) in [5.41, 5.74) is 4.57. The second-order valence-corrected chi connectivity index (χ2v) is 5.97.